The molecule has 90 valence electrons. The third kappa shape index (κ3) is 4.14. The lowest BCUT2D eigenvalue weighted by molar-refractivity contribution is 0.266. The third-order valence-electron chi connectivity index (χ3n) is 2.55. The summed E-state index contributed by atoms with van der Waals surface area (Å²) in [6, 6.07) is 6.05. The fraction of sp³-hybridized carbons (Fsp3) is 0.538. The highest BCUT2D eigenvalue weighted by atomic mass is 79.9. The van der Waals surface area contributed by atoms with Crippen LogP contribution in [0.2, 0.25) is 0 Å². The van der Waals surface area contributed by atoms with E-state index in [1.807, 2.05) is 12.1 Å². The van der Waals surface area contributed by atoms with E-state index >= 15 is 0 Å². The van der Waals surface area contributed by atoms with E-state index in [1.54, 1.807) is 0 Å². The number of hydrogen-bond acceptors (Lipinski definition) is 2. The Morgan fingerprint density at radius 2 is 1.81 bits per heavy atom. The summed E-state index contributed by atoms with van der Waals surface area (Å²) >= 11 is 3.57. The highest BCUT2D eigenvalue weighted by Gasteiger charge is 2.06. The van der Waals surface area contributed by atoms with Gasteiger partial charge in [-0.2, -0.15) is 0 Å². The zero-order valence-electron chi connectivity index (χ0n) is 10.2. The van der Waals surface area contributed by atoms with Crippen molar-refractivity contribution in [3.63, 3.8) is 0 Å². The van der Waals surface area contributed by atoms with Crippen LogP contribution in [-0.2, 0) is 6.54 Å². The van der Waals surface area contributed by atoms with Gasteiger partial charge in [0.1, 0.15) is 0 Å². The Bertz CT molecular complexity index is 320. The van der Waals surface area contributed by atoms with E-state index < -0.39 is 0 Å². The molecule has 0 aliphatic rings. The molecule has 0 heterocycles. The first-order chi connectivity index (χ1) is 7.67. The van der Waals surface area contributed by atoms with Crippen LogP contribution in [0, 0.1) is 0 Å². The van der Waals surface area contributed by atoms with Gasteiger partial charge in [-0.3, -0.25) is 4.90 Å². The Hall–Kier alpha value is -0.540. The standard InChI is InChI=1S/C13H21BrN2/c1-3-7-16(8-4-2)10-11-5-6-12(15)9-13(11)14/h5-6,9H,3-4,7-8,10,15H2,1-2H3. The van der Waals surface area contributed by atoms with Crippen LogP contribution in [0.4, 0.5) is 5.69 Å². The van der Waals surface area contributed by atoms with Crippen molar-refractivity contribution in [2.24, 2.45) is 0 Å². The summed E-state index contributed by atoms with van der Waals surface area (Å²) in [7, 11) is 0. The molecule has 1 aromatic carbocycles. The molecule has 2 nitrogen and oxygen atoms in total. The van der Waals surface area contributed by atoms with Gasteiger partial charge in [0.15, 0.2) is 0 Å². The van der Waals surface area contributed by atoms with Crippen molar-refractivity contribution in [3.05, 3.63) is 28.2 Å². The second-order valence-corrected chi connectivity index (χ2v) is 4.98. The highest BCUT2D eigenvalue weighted by molar-refractivity contribution is 9.10. The molecule has 2 N–H and O–H groups in total. The fourth-order valence-electron chi connectivity index (χ4n) is 1.84. The lowest BCUT2D eigenvalue weighted by Gasteiger charge is -2.21. The highest BCUT2D eigenvalue weighted by Crippen LogP contribution is 2.21. The maximum Gasteiger partial charge on any atom is 0.0325 e. The second kappa shape index (κ2) is 6.92. The first-order valence-corrected chi connectivity index (χ1v) is 6.73. The van der Waals surface area contributed by atoms with Gasteiger partial charge in [0, 0.05) is 16.7 Å². The molecule has 0 amide bonds. The molecule has 0 aliphatic carbocycles. The average molecular weight is 285 g/mol. The summed E-state index contributed by atoms with van der Waals surface area (Å²) in [6.07, 6.45) is 2.40. The molecular formula is C13H21BrN2. The quantitative estimate of drug-likeness (QED) is 0.808. The Balaban J connectivity index is 2.68. The molecule has 0 aliphatic heterocycles. The van der Waals surface area contributed by atoms with Crippen LogP contribution >= 0.6 is 15.9 Å². The maximum absolute atomic E-state index is 5.73. The van der Waals surface area contributed by atoms with E-state index in [-0.39, 0.29) is 0 Å². The summed E-state index contributed by atoms with van der Waals surface area (Å²) < 4.78 is 1.12. The van der Waals surface area contributed by atoms with Crippen molar-refractivity contribution >= 4 is 21.6 Å². The van der Waals surface area contributed by atoms with E-state index in [2.05, 4.69) is 40.7 Å². The van der Waals surface area contributed by atoms with Crippen LogP contribution in [0.3, 0.4) is 0 Å². The van der Waals surface area contributed by atoms with Crippen molar-refractivity contribution in [3.8, 4) is 0 Å². The average Bonchev–Trinajstić information content (AvgIpc) is 2.23. The van der Waals surface area contributed by atoms with Crippen LogP contribution in [0.25, 0.3) is 0 Å². The minimum absolute atomic E-state index is 0.813. The Morgan fingerprint density at radius 3 is 2.31 bits per heavy atom. The van der Waals surface area contributed by atoms with Crippen LogP contribution in [0.15, 0.2) is 22.7 Å². The summed E-state index contributed by atoms with van der Waals surface area (Å²) in [4.78, 5) is 2.48. The zero-order valence-corrected chi connectivity index (χ0v) is 11.8. The number of rotatable bonds is 6. The smallest absolute Gasteiger partial charge is 0.0325 e. The molecule has 0 aromatic heterocycles. The van der Waals surface area contributed by atoms with E-state index in [1.165, 1.54) is 18.4 Å². The molecule has 0 fully saturated rings. The molecule has 0 radical (unpaired) electrons. The number of nitrogens with two attached hydrogens (primary N) is 1. The summed E-state index contributed by atoms with van der Waals surface area (Å²) in [6.45, 7) is 7.76. The Labute approximate surface area is 107 Å². The summed E-state index contributed by atoms with van der Waals surface area (Å²) in [5, 5.41) is 0. The summed E-state index contributed by atoms with van der Waals surface area (Å²) in [5.41, 5.74) is 7.86. The van der Waals surface area contributed by atoms with E-state index in [0.29, 0.717) is 0 Å². The fourth-order valence-corrected chi connectivity index (χ4v) is 2.36. The van der Waals surface area contributed by atoms with E-state index in [9.17, 15) is 0 Å². The van der Waals surface area contributed by atoms with Crippen molar-refractivity contribution < 1.29 is 0 Å². The Morgan fingerprint density at radius 1 is 1.19 bits per heavy atom. The van der Waals surface area contributed by atoms with Gasteiger partial charge >= 0.3 is 0 Å². The molecular weight excluding hydrogens is 264 g/mol. The lowest BCUT2D eigenvalue weighted by Crippen LogP contribution is -2.25. The second-order valence-electron chi connectivity index (χ2n) is 4.13. The molecule has 0 saturated heterocycles. The molecule has 1 rings (SSSR count). The molecule has 0 unspecified atom stereocenters. The predicted molar refractivity (Wildman–Crippen MR) is 74.4 cm³/mol. The van der Waals surface area contributed by atoms with Gasteiger partial charge in [-0.05, 0) is 43.6 Å². The molecule has 16 heavy (non-hydrogen) atoms. The number of nitrogens with zero attached hydrogens (tertiary/aromatic N) is 1. The first-order valence-electron chi connectivity index (χ1n) is 5.93. The van der Waals surface area contributed by atoms with Gasteiger partial charge < -0.3 is 5.73 Å². The number of benzene rings is 1. The summed E-state index contributed by atoms with van der Waals surface area (Å²) in [5.74, 6) is 0. The minimum atomic E-state index is 0.813. The number of anilines is 1. The SMILES string of the molecule is CCCN(CCC)Cc1ccc(N)cc1Br. The van der Waals surface area contributed by atoms with E-state index in [4.69, 9.17) is 5.73 Å². The van der Waals surface area contributed by atoms with Gasteiger partial charge in [-0.1, -0.05) is 35.8 Å². The number of hydrogen-bond donors (Lipinski definition) is 1. The molecule has 0 saturated carbocycles. The maximum atomic E-state index is 5.73. The lowest BCUT2D eigenvalue weighted by atomic mass is 10.2. The Kier molecular flexibility index (Phi) is 5.85. The van der Waals surface area contributed by atoms with E-state index in [0.717, 1.165) is 29.8 Å². The van der Waals surface area contributed by atoms with Crippen LogP contribution in [0.1, 0.15) is 32.3 Å². The van der Waals surface area contributed by atoms with Gasteiger partial charge in [0.2, 0.25) is 0 Å². The zero-order chi connectivity index (χ0) is 12.0. The van der Waals surface area contributed by atoms with Crippen LogP contribution in [-0.4, -0.2) is 18.0 Å². The first kappa shape index (κ1) is 13.5. The molecule has 1 aromatic rings. The van der Waals surface area contributed by atoms with Crippen molar-refractivity contribution in [2.45, 2.75) is 33.2 Å². The molecule has 0 atom stereocenters. The number of halogens is 1. The largest absolute Gasteiger partial charge is 0.399 e. The van der Waals surface area contributed by atoms with Gasteiger partial charge in [-0.15, -0.1) is 0 Å². The van der Waals surface area contributed by atoms with Gasteiger partial charge in [0.25, 0.3) is 0 Å². The van der Waals surface area contributed by atoms with Crippen molar-refractivity contribution in [1.82, 2.24) is 4.90 Å². The molecule has 0 spiro atoms. The van der Waals surface area contributed by atoms with Crippen molar-refractivity contribution in [2.75, 3.05) is 18.8 Å². The van der Waals surface area contributed by atoms with Crippen LogP contribution in [0.5, 0.6) is 0 Å². The van der Waals surface area contributed by atoms with Crippen LogP contribution < -0.4 is 5.73 Å². The normalized spacial score (nSPS) is 11.0. The molecule has 0 bridgehead atoms. The number of nitrogen functional groups attached to an aromatic ring is 1. The monoisotopic (exact) mass is 284 g/mol. The minimum Gasteiger partial charge on any atom is -0.399 e. The van der Waals surface area contributed by atoms with Gasteiger partial charge in [-0.25, -0.2) is 0 Å². The van der Waals surface area contributed by atoms with Gasteiger partial charge in [0.05, 0.1) is 0 Å². The molecule has 3 heteroatoms. The van der Waals surface area contributed by atoms with Crippen molar-refractivity contribution in [1.29, 1.82) is 0 Å². The topological polar surface area (TPSA) is 29.3 Å². The predicted octanol–water partition coefficient (Wildman–Crippen LogP) is 3.65. The third-order valence-corrected chi connectivity index (χ3v) is 3.29.